The molecule has 0 bridgehead atoms. The Morgan fingerprint density at radius 3 is 0.817 bits per heavy atom. The van der Waals surface area contributed by atoms with E-state index in [9.17, 15) is 0 Å². The lowest BCUT2D eigenvalue weighted by Gasteiger charge is -2.09. The third kappa shape index (κ3) is 10.4. The van der Waals surface area contributed by atoms with Gasteiger partial charge in [0.05, 0.1) is 25.4 Å². The molecule has 0 amide bonds. The monoisotopic (exact) mass is 993 g/mol. The van der Waals surface area contributed by atoms with Gasteiger partial charge in [0.15, 0.2) is 17.5 Å². The second-order valence-corrected chi connectivity index (χ2v) is 25.6. The van der Waals surface area contributed by atoms with Gasteiger partial charge in [0.2, 0.25) is 0 Å². The second kappa shape index (κ2) is 20.1. The van der Waals surface area contributed by atoms with E-state index in [0.717, 1.165) is 33.4 Å². The van der Waals surface area contributed by atoms with Gasteiger partial charge in [-0.3, -0.25) is 0 Å². The number of allylic oxidation sites excluding steroid dienone is 3. The molecular formula is C45H27N3S12. The molecule has 3 nitrogen and oxygen atoms in total. The van der Waals surface area contributed by atoms with E-state index in [1.54, 1.807) is 70.6 Å². The molecule has 4 aromatic rings. The van der Waals surface area contributed by atoms with Crippen molar-refractivity contribution in [2.24, 2.45) is 0 Å². The number of hydrogen-bond acceptors (Lipinski definition) is 15. The van der Waals surface area contributed by atoms with Crippen LogP contribution in [0, 0.1) is 0 Å². The Hall–Kier alpha value is -2.25. The van der Waals surface area contributed by atoms with E-state index in [2.05, 4.69) is 158 Å². The third-order valence-electron chi connectivity index (χ3n) is 8.66. The molecule has 6 aliphatic heterocycles. The number of rotatable bonds is 9. The molecular weight excluding hydrogens is 967 g/mol. The zero-order valence-electron chi connectivity index (χ0n) is 30.8. The van der Waals surface area contributed by atoms with Gasteiger partial charge in [-0.05, 0) is 83.6 Å². The first kappa shape index (κ1) is 41.7. The van der Waals surface area contributed by atoms with Crippen LogP contribution in [0.3, 0.4) is 0 Å². The first-order chi connectivity index (χ1) is 29.6. The number of aromatic nitrogens is 3. The van der Waals surface area contributed by atoms with Crippen molar-refractivity contribution in [1.29, 1.82) is 0 Å². The van der Waals surface area contributed by atoms with Crippen molar-refractivity contribution in [3.05, 3.63) is 197 Å². The summed E-state index contributed by atoms with van der Waals surface area (Å²) in [6.45, 7) is 0. The largest absolute Gasteiger partial charge is 0.208 e. The van der Waals surface area contributed by atoms with Crippen LogP contribution >= 0.6 is 141 Å². The zero-order chi connectivity index (χ0) is 40.1. The van der Waals surface area contributed by atoms with E-state index in [1.165, 1.54) is 40.1 Å². The molecule has 0 radical (unpaired) electrons. The lowest BCUT2D eigenvalue weighted by atomic mass is 10.1. The number of nitrogens with zero attached hydrogens (tertiary/aromatic N) is 3. The predicted molar refractivity (Wildman–Crippen MR) is 287 cm³/mol. The summed E-state index contributed by atoms with van der Waals surface area (Å²) < 4.78 is 8.16. The van der Waals surface area contributed by atoms with E-state index in [1.807, 2.05) is 70.6 Å². The molecule has 0 atom stereocenters. The average molecular weight is 995 g/mol. The molecule has 0 aliphatic carbocycles. The van der Waals surface area contributed by atoms with Gasteiger partial charge in [-0.25, -0.2) is 15.0 Å². The number of benzene rings is 3. The molecule has 0 saturated carbocycles. The van der Waals surface area contributed by atoms with Crippen LogP contribution in [-0.2, 0) is 0 Å². The summed E-state index contributed by atoms with van der Waals surface area (Å²) in [5.41, 5.74) is 6.19. The molecule has 0 fully saturated rings. The highest BCUT2D eigenvalue weighted by Gasteiger charge is 2.20. The maximum Gasteiger partial charge on any atom is 0.164 e. The van der Waals surface area contributed by atoms with Crippen molar-refractivity contribution in [3.8, 4) is 34.2 Å². The Balaban J connectivity index is 0.880. The van der Waals surface area contributed by atoms with Gasteiger partial charge in [-0.1, -0.05) is 232 Å². The number of thioether (sulfide) groups is 12. The molecule has 0 unspecified atom stereocenters. The lowest BCUT2D eigenvalue weighted by Crippen LogP contribution is -2.00. The molecule has 294 valence electrons. The van der Waals surface area contributed by atoms with Crippen LogP contribution in [0.1, 0.15) is 16.7 Å². The standard InChI is InChI=1S/C45H27N3S12/c1-10-31(11-2-28(1)7-16-34-25-55-43(58-34)40-49-19-20-50-40)37-46-38(32-12-3-29(4-13-32)8-17-35-26-56-44(59-35)41-51-21-22-52-41)48-39(47-37)33-14-5-30(6-15-33)9-18-36-27-57-45(60-36)42-53-23-24-54-42/h1-27H/b16-7+,17-8+,18-9+. The van der Waals surface area contributed by atoms with Crippen LogP contribution in [0.25, 0.3) is 52.4 Å². The van der Waals surface area contributed by atoms with E-state index >= 15 is 0 Å². The predicted octanol–water partition coefficient (Wildman–Crippen LogP) is 18.1. The fourth-order valence-electron chi connectivity index (χ4n) is 5.73. The topological polar surface area (TPSA) is 38.7 Å². The third-order valence-corrected chi connectivity index (χ3v) is 23.7. The van der Waals surface area contributed by atoms with Crippen molar-refractivity contribution < 1.29 is 0 Å². The average Bonchev–Trinajstić information content (AvgIpc) is 4.15. The van der Waals surface area contributed by atoms with Gasteiger partial charge in [0.25, 0.3) is 0 Å². The summed E-state index contributed by atoms with van der Waals surface area (Å²) in [5, 5.41) is 19.6. The summed E-state index contributed by atoms with van der Waals surface area (Å²) in [6, 6.07) is 25.4. The smallest absolute Gasteiger partial charge is 0.164 e. The fourth-order valence-corrected chi connectivity index (χ4v) is 18.8. The molecule has 60 heavy (non-hydrogen) atoms. The van der Waals surface area contributed by atoms with E-state index in [0.29, 0.717) is 17.5 Å². The van der Waals surface area contributed by atoms with Crippen LogP contribution in [0.15, 0.2) is 180 Å². The minimum Gasteiger partial charge on any atom is -0.208 e. The molecule has 10 rings (SSSR count). The van der Waals surface area contributed by atoms with Gasteiger partial charge < -0.3 is 0 Å². The molecule has 7 heterocycles. The lowest BCUT2D eigenvalue weighted by molar-refractivity contribution is 1.07. The summed E-state index contributed by atoms with van der Waals surface area (Å²) in [7, 11) is 0. The minimum atomic E-state index is 0.642. The van der Waals surface area contributed by atoms with Crippen LogP contribution in [0.4, 0.5) is 0 Å². The zero-order valence-corrected chi connectivity index (χ0v) is 40.6. The summed E-state index contributed by atoms with van der Waals surface area (Å²) >= 11 is 21.7. The van der Waals surface area contributed by atoms with Crippen LogP contribution in [-0.4, -0.2) is 15.0 Å². The summed E-state index contributed by atoms with van der Waals surface area (Å²) in [5.74, 6) is 1.93. The SMILES string of the molecule is C1=CSC(=C2SC=C(/C=C/c3ccc(-c4nc(-c5ccc(/C=C/C6=CSC(=C7SC=CS7)S6)cc5)nc(-c5ccc(/C=C/C6=CSC(=C7SC=CS7)S6)cc5)n4)cc3)S2)S1. The normalized spacial score (nSPS) is 18.9. The van der Waals surface area contributed by atoms with Crippen LogP contribution < -0.4 is 0 Å². The van der Waals surface area contributed by atoms with Crippen molar-refractivity contribution in [1.82, 2.24) is 15.0 Å². The van der Waals surface area contributed by atoms with E-state index in [-0.39, 0.29) is 0 Å². The van der Waals surface area contributed by atoms with Gasteiger partial charge >= 0.3 is 0 Å². The Kier molecular flexibility index (Phi) is 14.0. The molecule has 3 aromatic carbocycles. The minimum absolute atomic E-state index is 0.642. The first-order valence-electron chi connectivity index (χ1n) is 18.1. The molecule has 0 spiro atoms. The highest BCUT2D eigenvalue weighted by Crippen LogP contribution is 2.55. The maximum absolute atomic E-state index is 5.05. The Bertz CT molecular complexity index is 2390. The van der Waals surface area contributed by atoms with Gasteiger partial charge in [-0.15, -0.1) is 0 Å². The van der Waals surface area contributed by atoms with E-state index in [4.69, 9.17) is 15.0 Å². The van der Waals surface area contributed by atoms with Crippen molar-refractivity contribution in [2.45, 2.75) is 0 Å². The first-order valence-corrected chi connectivity index (χ1v) is 28.5. The molecule has 15 heteroatoms. The van der Waals surface area contributed by atoms with Crippen LogP contribution in [0.5, 0.6) is 0 Å². The Labute approximate surface area is 400 Å². The summed E-state index contributed by atoms with van der Waals surface area (Å²) in [4.78, 5) is 18.9. The Morgan fingerprint density at radius 1 is 0.283 bits per heavy atom. The summed E-state index contributed by atoms with van der Waals surface area (Å²) in [6.07, 6.45) is 13.1. The highest BCUT2D eigenvalue weighted by molar-refractivity contribution is 8.35. The molecule has 0 saturated heterocycles. The highest BCUT2D eigenvalue weighted by atomic mass is 32.2. The van der Waals surface area contributed by atoms with Gasteiger partial charge in [0, 0.05) is 31.4 Å². The molecule has 0 N–H and O–H groups in total. The maximum atomic E-state index is 5.05. The Morgan fingerprint density at radius 2 is 0.550 bits per heavy atom. The quantitative estimate of drug-likeness (QED) is 0.160. The number of hydrogen-bond donors (Lipinski definition) is 0. The van der Waals surface area contributed by atoms with Crippen molar-refractivity contribution in [2.75, 3.05) is 0 Å². The van der Waals surface area contributed by atoms with Gasteiger partial charge in [-0.2, -0.15) is 0 Å². The molecule has 1 aromatic heterocycles. The van der Waals surface area contributed by atoms with E-state index < -0.39 is 0 Å². The van der Waals surface area contributed by atoms with Gasteiger partial charge in [0.1, 0.15) is 0 Å². The van der Waals surface area contributed by atoms with Crippen molar-refractivity contribution >= 4 is 159 Å². The van der Waals surface area contributed by atoms with Crippen molar-refractivity contribution in [3.63, 3.8) is 0 Å². The fraction of sp³-hybridized carbons (Fsp3) is 0. The molecule has 6 aliphatic rings. The second-order valence-electron chi connectivity index (χ2n) is 12.6. The van der Waals surface area contributed by atoms with Crippen LogP contribution in [0.2, 0.25) is 0 Å².